The van der Waals surface area contributed by atoms with Crippen molar-refractivity contribution in [2.45, 2.75) is 56.8 Å². The molecule has 3 atom stereocenters. The van der Waals surface area contributed by atoms with E-state index in [9.17, 15) is 4.79 Å². The normalized spacial score (nSPS) is 41.3. The third kappa shape index (κ3) is 1.32. The van der Waals surface area contributed by atoms with Crippen molar-refractivity contribution < 1.29 is 19.0 Å². The fourth-order valence-corrected chi connectivity index (χ4v) is 3.09. The van der Waals surface area contributed by atoms with Crippen molar-refractivity contribution in [2.24, 2.45) is 0 Å². The molecule has 0 aromatic rings. The van der Waals surface area contributed by atoms with Gasteiger partial charge in [-0.15, -0.1) is 0 Å². The predicted octanol–water partition coefficient (Wildman–Crippen LogP) is 1.67. The number of epoxide rings is 1. The molecule has 0 amide bonds. The molecule has 2 aliphatic rings. The zero-order chi connectivity index (χ0) is 11.8. The van der Waals surface area contributed by atoms with Crippen molar-refractivity contribution in [1.82, 2.24) is 0 Å². The third-order valence-corrected chi connectivity index (χ3v) is 3.92. The Morgan fingerprint density at radius 3 is 2.81 bits per heavy atom. The van der Waals surface area contributed by atoms with Crippen molar-refractivity contribution in [3.8, 4) is 0 Å². The van der Waals surface area contributed by atoms with Crippen molar-refractivity contribution in [3.05, 3.63) is 0 Å². The van der Waals surface area contributed by atoms with E-state index in [0.29, 0.717) is 13.0 Å². The molecule has 1 saturated carbocycles. The highest BCUT2D eigenvalue weighted by molar-refractivity contribution is 5.85. The molecule has 0 aromatic heterocycles. The van der Waals surface area contributed by atoms with E-state index >= 15 is 0 Å². The first-order chi connectivity index (χ1) is 7.66. The van der Waals surface area contributed by atoms with Crippen molar-refractivity contribution in [2.75, 3.05) is 13.7 Å². The zero-order valence-corrected chi connectivity index (χ0v) is 10.2. The van der Waals surface area contributed by atoms with Crippen LogP contribution < -0.4 is 0 Å². The lowest BCUT2D eigenvalue weighted by molar-refractivity contribution is -0.149. The van der Waals surface area contributed by atoms with Crippen LogP contribution in [0.5, 0.6) is 0 Å². The number of methoxy groups -OCH3 is 1. The molecule has 92 valence electrons. The molecule has 0 N–H and O–H groups in total. The monoisotopic (exact) mass is 228 g/mol. The summed E-state index contributed by atoms with van der Waals surface area (Å²) in [6.45, 7) is 4.19. The van der Waals surface area contributed by atoms with Crippen LogP contribution in [0.2, 0.25) is 0 Å². The van der Waals surface area contributed by atoms with Gasteiger partial charge in [0.25, 0.3) is 0 Å². The lowest BCUT2D eigenvalue weighted by Gasteiger charge is -2.18. The minimum Gasteiger partial charge on any atom is -0.464 e. The number of carbonyl (C=O) groups is 1. The Kier molecular flexibility index (Phi) is 2.97. The first-order valence-corrected chi connectivity index (χ1v) is 6.07. The van der Waals surface area contributed by atoms with Crippen LogP contribution in [0.3, 0.4) is 0 Å². The van der Waals surface area contributed by atoms with E-state index in [-0.39, 0.29) is 12.1 Å². The molecular weight excluding hydrogens is 208 g/mol. The number of carbonyl (C=O) groups excluding carboxylic acids is 1. The SMILES string of the molecule is CCOC(=O)C1(CC)OC12CCCC2OC. The molecule has 2 rings (SSSR count). The van der Waals surface area contributed by atoms with Gasteiger partial charge in [0.05, 0.1) is 12.7 Å². The fraction of sp³-hybridized carbons (Fsp3) is 0.917. The summed E-state index contributed by atoms with van der Waals surface area (Å²) in [6, 6.07) is 0. The minimum absolute atomic E-state index is 0.0388. The molecule has 0 bridgehead atoms. The summed E-state index contributed by atoms with van der Waals surface area (Å²) in [6.07, 6.45) is 3.62. The maximum absolute atomic E-state index is 12.0. The van der Waals surface area contributed by atoms with Crippen LogP contribution >= 0.6 is 0 Å². The molecule has 16 heavy (non-hydrogen) atoms. The van der Waals surface area contributed by atoms with E-state index in [1.165, 1.54) is 0 Å². The van der Waals surface area contributed by atoms with Gasteiger partial charge in [0.1, 0.15) is 5.60 Å². The first-order valence-electron chi connectivity index (χ1n) is 6.07. The minimum atomic E-state index is -0.736. The van der Waals surface area contributed by atoms with Gasteiger partial charge in [0.15, 0.2) is 5.60 Å². The smallest absolute Gasteiger partial charge is 0.341 e. The van der Waals surface area contributed by atoms with Gasteiger partial charge < -0.3 is 14.2 Å². The number of esters is 1. The van der Waals surface area contributed by atoms with E-state index in [1.54, 1.807) is 7.11 Å². The Morgan fingerprint density at radius 2 is 2.25 bits per heavy atom. The van der Waals surface area contributed by atoms with E-state index < -0.39 is 11.2 Å². The summed E-state index contributed by atoms with van der Waals surface area (Å²) in [7, 11) is 1.69. The highest BCUT2D eigenvalue weighted by Crippen LogP contribution is 2.60. The van der Waals surface area contributed by atoms with Gasteiger partial charge in [-0.3, -0.25) is 0 Å². The molecule has 4 heteroatoms. The Morgan fingerprint density at radius 1 is 1.50 bits per heavy atom. The molecule has 4 nitrogen and oxygen atoms in total. The summed E-state index contributed by atoms with van der Waals surface area (Å²) in [5.74, 6) is -0.221. The quantitative estimate of drug-likeness (QED) is 0.542. The van der Waals surface area contributed by atoms with E-state index in [2.05, 4.69) is 0 Å². The molecule has 1 aliphatic carbocycles. The fourth-order valence-electron chi connectivity index (χ4n) is 3.09. The lowest BCUT2D eigenvalue weighted by atomic mass is 9.87. The van der Waals surface area contributed by atoms with E-state index in [4.69, 9.17) is 14.2 Å². The Hall–Kier alpha value is -0.610. The molecule has 0 aromatic carbocycles. The Labute approximate surface area is 96.2 Å². The molecule has 1 aliphatic heterocycles. The van der Waals surface area contributed by atoms with Gasteiger partial charge in [-0.05, 0) is 32.6 Å². The van der Waals surface area contributed by atoms with Gasteiger partial charge in [-0.1, -0.05) is 6.92 Å². The molecule has 3 unspecified atom stereocenters. The average Bonchev–Trinajstić information content (AvgIpc) is 2.76. The van der Waals surface area contributed by atoms with Crippen molar-refractivity contribution in [3.63, 3.8) is 0 Å². The maximum atomic E-state index is 12.0. The van der Waals surface area contributed by atoms with E-state index in [1.807, 2.05) is 13.8 Å². The van der Waals surface area contributed by atoms with Crippen LogP contribution in [0.1, 0.15) is 39.5 Å². The molecule has 2 fully saturated rings. The maximum Gasteiger partial charge on any atom is 0.341 e. The summed E-state index contributed by atoms with van der Waals surface area (Å²) >= 11 is 0. The second-order valence-corrected chi connectivity index (χ2v) is 4.51. The molecule has 1 heterocycles. The summed E-state index contributed by atoms with van der Waals surface area (Å²) in [5.41, 5.74) is -1.14. The highest BCUT2D eigenvalue weighted by atomic mass is 16.7. The van der Waals surface area contributed by atoms with Crippen LogP contribution in [0.25, 0.3) is 0 Å². The van der Waals surface area contributed by atoms with Gasteiger partial charge >= 0.3 is 5.97 Å². The molecule has 0 radical (unpaired) electrons. The first kappa shape index (κ1) is 11.9. The van der Waals surface area contributed by atoms with E-state index in [0.717, 1.165) is 19.3 Å². The van der Waals surface area contributed by atoms with Gasteiger partial charge in [-0.25, -0.2) is 4.79 Å². The Bertz CT molecular complexity index is 291. The van der Waals surface area contributed by atoms with Crippen LogP contribution in [0.4, 0.5) is 0 Å². The zero-order valence-electron chi connectivity index (χ0n) is 10.2. The second-order valence-electron chi connectivity index (χ2n) is 4.51. The number of hydrogen-bond acceptors (Lipinski definition) is 4. The van der Waals surface area contributed by atoms with Crippen molar-refractivity contribution in [1.29, 1.82) is 0 Å². The molecule has 1 spiro atoms. The number of hydrogen-bond donors (Lipinski definition) is 0. The third-order valence-electron chi connectivity index (χ3n) is 3.92. The summed E-state index contributed by atoms with van der Waals surface area (Å²) in [4.78, 5) is 12.0. The molecule has 1 saturated heterocycles. The second kappa shape index (κ2) is 4.00. The van der Waals surface area contributed by atoms with Gasteiger partial charge in [0, 0.05) is 7.11 Å². The van der Waals surface area contributed by atoms with Crippen LogP contribution in [0, 0.1) is 0 Å². The van der Waals surface area contributed by atoms with Crippen molar-refractivity contribution >= 4 is 5.97 Å². The molecular formula is C12H20O4. The standard InChI is InChI=1S/C12H20O4/c1-4-11(10(13)15-5-2)12(16-11)8-6-7-9(12)14-3/h9H,4-8H2,1-3H3. The van der Waals surface area contributed by atoms with Crippen LogP contribution in [-0.4, -0.2) is 37.0 Å². The predicted molar refractivity (Wildman–Crippen MR) is 58.1 cm³/mol. The highest BCUT2D eigenvalue weighted by Gasteiger charge is 2.78. The van der Waals surface area contributed by atoms with Gasteiger partial charge in [-0.2, -0.15) is 0 Å². The van der Waals surface area contributed by atoms with Crippen LogP contribution in [-0.2, 0) is 19.0 Å². The average molecular weight is 228 g/mol. The lowest BCUT2D eigenvalue weighted by Crippen LogP contribution is -2.40. The Balaban J connectivity index is 2.18. The van der Waals surface area contributed by atoms with Gasteiger partial charge in [0.2, 0.25) is 0 Å². The largest absolute Gasteiger partial charge is 0.464 e. The van der Waals surface area contributed by atoms with Crippen LogP contribution in [0.15, 0.2) is 0 Å². The number of rotatable bonds is 4. The summed E-state index contributed by atoms with van der Waals surface area (Å²) < 4.78 is 16.4. The summed E-state index contributed by atoms with van der Waals surface area (Å²) in [5, 5.41) is 0. The number of ether oxygens (including phenoxy) is 3. The topological polar surface area (TPSA) is 48.1 Å².